The predicted molar refractivity (Wildman–Crippen MR) is 154 cm³/mol. The maximum atomic E-state index is 16.6. The number of ether oxygens (including phenoxy) is 2. The topological polar surface area (TPSA) is 164 Å². The second kappa shape index (κ2) is 11.0. The van der Waals surface area contributed by atoms with Gasteiger partial charge in [0.1, 0.15) is 17.4 Å². The molecule has 10 nitrogen and oxygen atoms in total. The second-order valence-electron chi connectivity index (χ2n) is 10.5. The molecule has 2 aliphatic rings. The molecule has 0 saturated heterocycles. The van der Waals surface area contributed by atoms with E-state index in [1.807, 2.05) is 0 Å². The Bertz CT molecular complexity index is 1580. The van der Waals surface area contributed by atoms with Crippen molar-refractivity contribution < 1.29 is 27.0 Å². The van der Waals surface area contributed by atoms with Crippen LogP contribution in [0.4, 0.5) is 29.1 Å². The normalized spacial score (nSPS) is 17.8. The molecule has 42 heavy (non-hydrogen) atoms. The van der Waals surface area contributed by atoms with Crippen LogP contribution in [-0.2, 0) is 6.18 Å². The molecule has 3 aromatic rings. The summed E-state index contributed by atoms with van der Waals surface area (Å²) in [6, 6.07) is 1.69. The molecule has 1 aromatic heterocycles. The number of aliphatic imine (C=N–C) groups is 1. The first-order chi connectivity index (χ1) is 19.7. The van der Waals surface area contributed by atoms with Crippen molar-refractivity contribution >= 4 is 51.6 Å². The van der Waals surface area contributed by atoms with Crippen molar-refractivity contribution in [3.05, 3.63) is 33.6 Å². The van der Waals surface area contributed by atoms with Crippen LogP contribution in [0.1, 0.15) is 24.8 Å². The lowest BCUT2D eigenvalue weighted by Gasteiger charge is -2.30. The van der Waals surface area contributed by atoms with E-state index in [-0.39, 0.29) is 58.7 Å². The predicted octanol–water partition coefficient (Wildman–Crippen LogP) is 4.32. The number of hydrogen-bond acceptors (Lipinski definition) is 8. The Hall–Kier alpha value is -3.49. The highest BCUT2D eigenvalue weighted by atomic mass is 35.5. The molecule has 8 N–H and O–H groups in total. The Morgan fingerprint density at radius 1 is 1.24 bits per heavy atom. The SMILES string of the molecule is CN1CCC(CN=C(N)N)Oc2c(Cl)c(-c3cc(N)cc(Cl)c3C(F)(F)F)c(F)c3nc(OCC4(CN)CC4)nc1c23. The van der Waals surface area contributed by atoms with E-state index in [2.05, 4.69) is 15.0 Å². The van der Waals surface area contributed by atoms with E-state index >= 15 is 4.39 Å². The number of nitrogen functional groups attached to an aromatic ring is 1. The smallest absolute Gasteiger partial charge is 0.418 e. The molecule has 0 radical (unpaired) electrons. The minimum absolute atomic E-state index is 0.00280. The van der Waals surface area contributed by atoms with Gasteiger partial charge in [-0.25, -0.2) is 9.38 Å². The van der Waals surface area contributed by atoms with Gasteiger partial charge in [0, 0.05) is 48.8 Å². The first kappa shape index (κ1) is 30.0. The van der Waals surface area contributed by atoms with Gasteiger partial charge in [-0.2, -0.15) is 23.1 Å². The maximum Gasteiger partial charge on any atom is 0.418 e. The Morgan fingerprint density at radius 2 is 1.95 bits per heavy atom. The van der Waals surface area contributed by atoms with Crippen LogP contribution in [0, 0.1) is 11.2 Å². The summed E-state index contributed by atoms with van der Waals surface area (Å²) in [5.74, 6) is -1.31. The lowest BCUT2D eigenvalue weighted by Crippen LogP contribution is -2.33. The van der Waals surface area contributed by atoms with Crippen LogP contribution in [0.15, 0.2) is 17.1 Å². The number of halogens is 6. The molecule has 1 saturated carbocycles. The molecule has 5 rings (SSSR count). The van der Waals surface area contributed by atoms with Gasteiger partial charge in [-0.05, 0) is 25.0 Å². The fourth-order valence-corrected chi connectivity index (χ4v) is 5.50. The second-order valence-corrected chi connectivity index (χ2v) is 11.3. The highest BCUT2D eigenvalue weighted by Crippen LogP contribution is 2.52. The molecule has 16 heteroatoms. The maximum absolute atomic E-state index is 16.6. The third-order valence-electron chi connectivity index (χ3n) is 7.42. The molecule has 1 atom stereocenters. The van der Waals surface area contributed by atoms with Crippen molar-refractivity contribution in [3.63, 3.8) is 0 Å². The molecule has 2 aromatic carbocycles. The van der Waals surface area contributed by atoms with Crippen molar-refractivity contribution in [3.8, 4) is 22.9 Å². The molecule has 1 unspecified atom stereocenters. The molecule has 0 amide bonds. The monoisotopic (exact) mass is 630 g/mol. The summed E-state index contributed by atoms with van der Waals surface area (Å²) in [5, 5.41) is -1.16. The number of alkyl halides is 3. The van der Waals surface area contributed by atoms with Gasteiger partial charge >= 0.3 is 12.2 Å². The van der Waals surface area contributed by atoms with Crippen LogP contribution in [0.25, 0.3) is 22.0 Å². The lowest BCUT2D eigenvalue weighted by atomic mass is 9.95. The van der Waals surface area contributed by atoms with E-state index in [1.54, 1.807) is 11.9 Å². The van der Waals surface area contributed by atoms with Crippen molar-refractivity contribution in [1.82, 2.24) is 9.97 Å². The number of rotatable bonds is 7. The van der Waals surface area contributed by atoms with Gasteiger partial charge in [-0.3, -0.25) is 0 Å². The van der Waals surface area contributed by atoms with Crippen molar-refractivity contribution in [2.24, 2.45) is 27.6 Å². The molecule has 1 aliphatic carbocycles. The van der Waals surface area contributed by atoms with Crippen LogP contribution < -0.4 is 37.3 Å². The summed E-state index contributed by atoms with van der Waals surface area (Å²) in [6.07, 6.45) is -3.62. The van der Waals surface area contributed by atoms with E-state index in [4.69, 9.17) is 55.6 Å². The highest BCUT2D eigenvalue weighted by molar-refractivity contribution is 6.37. The van der Waals surface area contributed by atoms with Crippen LogP contribution in [0.2, 0.25) is 10.0 Å². The number of nitrogens with zero attached hydrogens (tertiary/aromatic N) is 4. The molecule has 0 bridgehead atoms. The first-order valence-electron chi connectivity index (χ1n) is 12.9. The molecule has 1 aliphatic heterocycles. The average molecular weight is 631 g/mol. The van der Waals surface area contributed by atoms with E-state index in [1.165, 1.54) is 0 Å². The summed E-state index contributed by atoms with van der Waals surface area (Å²) in [5.41, 5.74) is 19.3. The van der Waals surface area contributed by atoms with Gasteiger partial charge in [-0.15, -0.1) is 0 Å². The van der Waals surface area contributed by atoms with Gasteiger partial charge in [0.05, 0.1) is 34.1 Å². The summed E-state index contributed by atoms with van der Waals surface area (Å²) < 4.78 is 71.4. The average Bonchev–Trinajstić information content (AvgIpc) is 3.68. The van der Waals surface area contributed by atoms with E-state index in [9.17, 15) is 13.2 Å². The van der Waals surface area contributed by atoms with E-state index in [0.29, 0.717) is 19.5 Å². The van der Waals surface area contributed by atoms with Gasteiger partial charge in [0.25, 0.3) is 0 Å². The minimum Gasteiger partial charge on any atom is -0.486 e. The zero-order valence-electron chi connectivity index (χ0n) is 22.4. The Kier molecular flexibility index (Phi) is 7.83. The third-order valence-corrected chi connectivity index (χ3v) is 8.07. The highest BCUT2D eigenvalue weighted by Gasteiger charge is 2.43. The number of hydrogen-bond donors (Lipinski definition) is 4. The van der Waals surface area contributed by atoms with Gasteiger partial charge in [0.2, 0.25) is 0 Å². The quantitative estimate of drug-likeness (QED) is 0.129. The lowest BCUT2D eigenvalue weighted by molar-refractivity contribution is -0.137. The molecule has 226 valence electrons. The molecule has 1 fully saturated rings. The Balaban J connectivity index is 1.81. The fourth-order valence-electron chi connectivity index (χ4n) is 4.84. The number of guanidine groups is 1. The van der Waals surface area contributed by atoms with Crippen LogP contribution in [0.5, 0.6) is 11.8 Å². The number of anilines is 2. The van der Waals surface area contributed by atoms with Crippen molar-refractivity contribution in [2.45, 2.75) is 31.5 Å². The van der Waals surface area contributed by atoms with Crippen molar-refractivity contribution in [1.29, 1.82) is 0 Å². The van der Waals surface area contributed by atoms with Crippen LogP contribution >= 0.6 is 23.2 Å². The number of benzene rings is 2. The zero-order valence-corrected chi connectivity index (χ0v) is 23.9. The summed E-state index contributed by atoms with van der Waals surface area (Å²) in [6.45, 7) is 0.934. The van der Waals surface area contributed by atoms with Gasteiger partial charge in [0.15, 0.2) is 17.5 Å². The zero-order chi connectivity index (χ0) is 30.6. The minimum atomic E-state index is -4.99. The van der Waals surface area contributed by atoms with Crippen molar-refractivity contribution in [2.75, 3.05) is 43.9 Å². The summed E-state index contributed by atoms with van der Waals surface area (Å²) >= 11 is 12.7. The number of nitrogens with two attached hydrogens (primary N) is 4. The Morgan fingerprint density at radius 3 is 2.57 bits per heavy atom. The molecular formula is C26H28Cl2F4N8O2. The molecule has 2 heterocycles. The summed E-state index contributed by atoms with van der Waals surface area (Å²) in [7, 11) is 1.71. The standard InChI is InChI=1S/C26H28Cl2F4N8O2/c1-40-5-2-12(8-37-23(35)36)42-21-16-20(38-24(39-22(16)40)41-10-25(9-33)3-4-25)19(29)15(18(21)28)13-6-11(34)7-14(27)17(13)26(30,31)32/h6-7,12H,2-5,8-10,33-34H2,1H3,(H4,35,36,37). The molecule has 0 spiro atoms. The van der Waals surface area contributed by atoms with Crippen LogP contribution in [0.3, 0.4) is 0 Å². The van der Waals surface area contributed by atoms with E-state index < -0.39 is 44.8 Å². The number of aromatic nitrogens is 2. The van der Waals surface area contributed by atoms with Crippen LogP contribution in [-0.4, -0.2) is 55.3 Å². The van der Waals surface area contributed by atoms with Gasteiger partial charge in [-0.1, -0.05) is 23.2 Å². The Labute approximate surface area is 247 Å². The largest absolute Gasteiger partial charge is 0.486 e. The molecular weight excluding hydrogens is 603 g/mol. The summed E-state index contributed by atoms with van der Waals surface area (Å²) in [4.78, 5) is 14.5. The third kappa shape index (κ3) is 5.62. The van der Waals surface area contributed by atoms with Gasteiger partial charge < -0.3 is 37.3 Å². The fraction of sp³-hybridized carbons (Fsp3) is 0.423. The first-order valence-corrected chi connectivity index (χ1v) is 13.7. The van der Waals surface area contributed by atoms with E-state index in [0.717, 1.165) is 25.0 Å².